The Labute approximate surface area is 106 Å². The van der Waals surface area contributed by atoms with E-state index in [4.69, 9.17) is 11.2 Å². The molecule has 18 heavy (non-hydrogen) atoms. The smallest absolute Gasteiger partial charge is 0.335 e. The molecular weight excluding hydrogens is 228 g/mol. The van der Waals surface area contributed by atoms with Gasteiger partial charge in [0.25, 0.3) is 0 Å². The monoisotopic (exact) mass is 242 g/mol. The van der Waals surface area contributed by atoms with Crippen LogP contribution in [0.1, 0.15) is 0 Å². The van der Waals surface area contributed by atoms with Crippen LogP contribution in [0.4, 0.5) is 0 Å². The van der Waals surface area contributed by atoms with E-state index < -0.39 is 0 Å². The van der Waals surface area contributed by atoms with Crippen molar-refractivity contribution in [3.05, 3.63) is 36.7 Å². The van der Waals surface area contributed by atoms with E-state index in [-0.39, 0.29) is 0 Å². The van der Waals surface area contributed by atoms with Crippen LogP contribution in [0.15, 0.2) is 36.7 Å². The molecule has 0 bridgehead atoms. The second-order valence-electron chi connectivity index (χ2n) is 3.54. The van der Waals surface area contributed by atoms with Crippen molar-refractivity contribution < 1.29 is 4.74 Å². The van der Waals surface area contributed by atoms with Crippen molar-refractivity contribution in [1.29, 1.82) is 0 Å². The molecule has 0 atom stereocenters. The molecule has 92 valence electrons. The lowest BCUT2D eigenvalue weighted by atomic mass is 10.3. The van der Waals surface area contributed by atoms with Gasteiger partial charge in [0.2, 0.25) is 0 Å². The topological polar surface area (TPSA) is 52.0 Å². The summed E-state index contributed by atoms with van der Waals surface area (Å²) in [7, 11) is 0. The molecule has 0 fully saturated rings. The highest BCUT2D eigenvalue weighted by molar-refractivity contribution is 5.29. The molecule has 0 radical (unpaired) electrons. The maximum atomic E-state index is 5.38. The van der Waals surface area contributed by atoms with Crippen LogP contribution in [0.3, 0.4) is 0 Å². The van der Waals surface area contributed by atoms with Gasteiger partial charge in [-0.25, -0.2) is 4.68 Å². The van der Waals surface area contributed by atoms with Gasteiger partial charge in [0.15, 0.2) is 0 Å². The molecule has 0 unspecified atom stereocenters. The first-order valence-corrected chi connectivity index (χ1v) is 5.64. The van der Waals surface area contributed by atoms with Crippen LogP contribution in [0.25, 0.3) is 5.69 Å². The van der Waals surface area contributed by atoms with Crippen molar-refractivity contribution in [2.75, 3.05) is 19.7 Å². The van der Waals surface area contributed by atoms with Crippen LogP contribution in [0.2, 0.25) is 0 Å². The number of hydrogen-bond acceptors (Lipinski definition) is 4. The Morgan fingerprint density at radius 1 is 1.33 bits per heavy atom. The fourth-order valence-corrected chi connectivity index (χ4v) is 1.39. The highest BCUT2D eigenvalue weighted by Gasteiger charge is 2.02. The largest absolute Gasteiger partial charge is 0.461 e. The molecular formula is C13H14N4O. The Morgan fingerprint density at radius 2 is 2.17 bits per heavy atom. The lowest BCUT2D eigenvalue weighted by molar-refractivity contribution is 0.292. The Balaban J connectivity index is 1.86. The van der Waals surface area contributed by atoms with Crippen LogP contribution in [0.5, 0.6) is 6.01 Å². The standard InChI is InChI=1S/C13H14N4O/c1-2-8-14-9-10-18-13-15-11-17(16-13)12-6-4-3-5-7-12/h1,3-7,11,14H,8-10H2. The highest BCUT2D eigenvalue weighted by Crippen LogP contribution is 2.07. The molecule has 2 rings (SSSR count). The Hall–Kier alpha value is -2.32. The summed E-state index contributed by atoms with van der Waals surface area (Å²) in [6, 6.07) is 10.1. The minimum atomic E-state index is 0.362. The third kappa shape index (κ3) is 3.34. The molecule has 0 aliphatic carbocycles. The van der Waals surface area contributed by atoms with E-state index in [1.165, 1.54) is 0 Å². The first kappa shape index (κ1) is 12.1. The van der Waals surface area contributed by atoms with Gasteiger partial charge >= 0.3 is 6.01 Å². The molecule has 2 aromatic rings. The molecule has 0 amide bonds. The molecule has 1 aromatic heterocycles. The normalized spacial score (nSPS) is 9.94. The first-order valence-electron chi connectivity index (χ1n) is 5.64. The van der Waals surface area contributed by atoms with Crippen LogP contribution in [-0.4, -0.2) is 34.5 Å². The summed E-state index contributed by atoms with van der Waals surface area (Å²) < 4.78 is 7.05. The lowest BCUT2D eigenvalue weighted by Gasteiger charge is -2.01. The van der Waals surface area contributed by atoms with Gasteiger partial charge in [-0.05, 0) is 12.1 Å². The number of para-hydroxylation sites is 1. The highest BCUT2D eigenvalue weighted by atomic mass is 16.5. The van der Waals surface area contributed by atoms with Crippen LogP contribution >= 0.6 is 0 Å². The summed E-state index contributed by atoms with van der Waals surface area (Å²) in [5.74, 6) is 2.49. The molecule has 0 saturated heterocycles. The molecule has 5 nitrogen and oxygen atoms in total. The van der Waals surface area contributed by atoms with Crippen LogP contribution < -0.4 is 10.1 Å². The fourth-order valence-electron chi connectivity index (χ4n) is 1.39. The number of benzene rings is 1. The Bertz CT molecular complexity index is 515. The molecule has 1 N–H and O–H groups in total. The van der Waals surface area contributed by atoms with Gasteiger partial charge in [-0.1, -0.05) is 24.1 Å². The number of terminal acetylenes is 1. The summed E-state index contributed by atoms with van der Waals surface area (Å²) in [6.45, 7) is 1.69. The SMILES string of the molecule is C#CCNCCOc1ncn(-c2ccccc2)n1. The molecule has 0 aliphatic rings. The van der Waals surface area contributed by atoms with Crippen molar-refractivity contribution in [2.24, 2.45) is 0 Å². The molecule has 1 heterocycles. The van der Waals surface area contributed by atoms with E-state index >= 15 is 0 Å². The maximum absolute atomic E-state index is 5.38. The van der Waals surface area contributed by atoms with E-state index in [0.717, 1.165) is 5.69 Å². The predicted molar refractivity (Wildman–Crippen MR) is 68.6 cm³/mol. The number of hydrogen-bond donors (Lipinski definition) is 1. The number of ether oxygens (including phenoxy) is 1. The van der Waals surface area contributed by atoms with Crippen molar-refractivity contribution in [1.82, 2.24) is 20.1 Å². The van der Waals surface area contributed by atoms with Gasteiger partial charge in [0, 0.05) is 6.54 Å². The number of nitrogens with one attached hydrogen (secondary N) is 1. The van der Waals surface area contributed by atoms with Crippen molar-refractivity contribution in [2.45, 2.75) is 0 Å². The maximum Gasteiger partial charge on any atom is 0.335 e. The summed E-state index contributed by atoms with van der Waals surface area (Å²) >= 11 is 0. The predicted octanol–water partition coefficient (Wildman–Crippen LogP) is 0.869. The van der Waals surface area contributed by atoms with Gasteiger partial charge in [-0.15, -0.1) is 11.5 Å². The minimum Gasteiger partial charge on any atom is -0.461 e. The fraction of sp³-hybridized carbons (Fsp3) is 0.231. The zero-order chi connectivity index (χ0) is 12.6. The van der Waals surface area contributed by atoms with Gasteiger partial charge in [-0.2, -0.15) is 4.98 Å². The van der Waals surface area contributed by atoms with Crippen molar-refractivity contribution >= 4 is 0 Å². The number of nitrogens with zero attached hydrogens (tertiary/aromatic N) is 3. The third-order valence-electron chi connectivity index (χ3n) is 2.23. The third-order valence-corrected chi connectivity index (χ3v) is 2.23. The second kappa shape index (κ2) is 6.42. The minimum absolute atomic E-state index is 0.362. The van der Waals surface area contributed by atoms with Crippen LogP contribution in [-0.2, 0) is 0 Å². The van der Waals surface area contributed by atoms with E-state index in [2.05, 4.69) is 21.3 Å². The van der Waals surface area contributed by atoms with Crippen molar-refractivity contribution in [3.63, 3.8) is 0 Å². The van der Waals surface area contributed by atoms with Gasteiger partial charge in [0.05, 0.1) is 12.2 Å². The van der Waals surface area contributed by atoms with Crippen LogP contribution in [0, 0.1) is 12.3 Å². The summed E-state index contributed by atoms with van der Waals surface area (Å²) in [4.78, 5) is 4.07. The van der Waals surface area contributed by atoms with Gasteiger partial charge in [-0.3, -0.25) is 0 Å². The van der Waals surface area contributed by atoms with E-state index in [1.54, 1.807) is 11.0 Å². The summed E-state index contributed by atoms with van der Waals surface area (Å²) in [6.07, 6.45) is 6.73. The second-order valence-corrected chi connectivity index (χ2v) is 3.54. The lowest BCUT2D eigenvalue weighted by Crippen LogP contribution is -2.21. The first-order chi connectivity index (χ1) is 8.90. The Kier molecular flexibility index (Phi) is 4.33. The molecule has 0 spiro atoms. The van der Waals surface area contributed by atoms with Gasteiger partial charge < -0.3 is 10.1 Å². The van der Waals surface area contributed by atoms with Crippen molar-refractivity contribution in [3.8, 4) is 24.0 Å². The zero-order valence-corrected chi connectivity index (χ0v) is 9.91. The average molecular weight is 242 g/mol. The Morgan fingerprint density at radius 3 is 2.94 bits per heavy atom. The van der Waals surface area contributed by atoms with E-state index in [0.29, 0.717) is 25.7 Å². The average Bonchev–Trinajstić information content (AvgIpc) is 2.88. The molecule has 0 aliphatic heterocycles. The summed E-state index contributed by atoms with van der Waals surface area (Å²) in [5, 5.41) is 7.23. The number of rotatable bonds is 6. The van der Waals surface area contributed by atoms with E-state index in [1.807, 2.05) is 30.3 Å². The molecule has 5 heteroatoms. The molecule has 0 saturated carbocycles. The molecule has 1 aromatic carbocycles. The van der Waals surface area contributed by atoms with E-state index in [9.17, 15) is 0 Å². The zero-order valence-electron chi connectivity index (χ0n) is 9.91. The quantitative estimate of drug-likeness (QED) is 0.603. The van der Waals surface area contributed by atoms with Gasteiger partial charge in [0.1, 0.15) is 12.9 Å². The number of aromatic nitrogens is 3. The summed E-state index contributed by atoms with van der Waals surface area (Å²) in [5.41, 5.74) is 0.949.